The fraction of sp³-hybridized carbons (Fsp3) is 0.643. The monoisotopic (exact) mass is 298 g/mol. The van der Waals surface area contributed by atoms with Gasteiger partial charge in [0.15, 0.2) is 0 Å². The molecule has 2 unspecified atom stereocenters. The summed E-state index contributed by atoms with van der Waals surface area (Å²) >= 11 is 0. The Labute approximate surface area is 122 Å². The first-order chi connectivity index (χ1) is 10.0. The van der Waals surface area contributed by atoms with E-state index in [2.05, 4.69) is 0 Å². The van der Waals surface area contributed by atoms with Crippen LogP contribution in [0.5, 0.6) is 0 Å². The number of carbonyl (C=O) groups excluding carboxylic acids is 3. The molecule has 0 amide bonds. The van der Waals surface area contributed by atoms with E-state index in [1.54, 1.807) is 0 Å². The zero-order valence-corrected chi connectivity index (χ0v) is 11.8. The maximum atomic E-state index is 11.7. The van der Waals surface area contributed by atoms with Crippen LogP contribution in [0.15, 0.2) is 11.6 Å². The van der Waals surface area contributed by atoms with Crippen molar-refractivity contribution in [3.05, 3.63) is 11.6 Å². The van der Waals surface area contributed by atoms with Gasteiger partial charge in [-0.3, -0.25) is 4.79 Å². The van der Waals surface area contributed by atoms with Gasteiger partial charge in [0.25, 0.3) is 0 Å². The lowest BCUT2D eigenvalue weighted by Crippen LogP contribution is -2.25. The Hall–Kier alpha value is -1.89. The van der Waals surface area contributed by atoms with Gasteiger partial charge in [0.05, 0.1) is 13.0 Å². The minimum atomic E-state index is -0.869. The van der Waals surface area contributed by atoms with Crippen LogP contribution in [-0.2, 0) is 33.3 Å². The molecule has 2 saturated heterocycles. The van der Waals surface area contributed by atoms with E-state index in [0.717, 1.165) is 18.9 Å². The fourth-order valence-corrected chi connectivity index (χ4v) is 2.00. The topological polar surface area (TPSA) is 88.1 Å². The third kappa shape index (κ3) is 4.86. The molecule has 0 spiro atoms. The summed E-state index contributed by atoms with van der Waals surface area (Å²) in [6.07, 6.45) is 2.73. The third-order valence-corrected chi connectivity index (χ3v) is 3.13. The van der Waals surface area contributed by atoms with E-state index < -0.39 is 30.5 Å². The largest absolute Gasteiger partial charge is 0.433 e. The van der Waals surface area contributed by atoms with Crippen molar-refractivity contribution < 1.29 is 33.3 Å². The molecule has 7 nitrogen and oxygen atoms in total. The molecular formula is C14H18O7. The highest BCUT2D eigenvalue weighted by molar-refractivity contribution is 5.96. The van der Waals surface area contributed by atoms with Crippen LogP contribution in [0, 0.1) is 0 Å². The molecule has 116 valence electrons. The van der Waals surface area contributed by atoms with Gasteiger partial charge in [-0.1, -0.05) is 0 Å². The summed E-state index contributed by atoms with van der Waals surface area (Å²) in [5, 5.41) is 0. The molecule has 0 aromatic carbocycles. The summed E-state index contributed by atoms with van der Waals surface area (Å²) < 4.78 is 20.0. The second-order valence-electron chi connectivity index (χ2n) is 4.92. The Morgan fingerprint density at radius 3 is 2.62 bits per heavy atom. The van der Waals surface area contributed by atoms with Gasteiger partial charge in [0.1, 0.15) is 0 Å². The van der Waals surface area contributed by atoms with E-state index in [-0.39, 0.29) is 12.0 Å². The van der Waals surface area contributed by atoms with Crippen molar-refractivity contribution in [1.82, 2.24) is 0 Å². The predicted molar refractivity (Wildman–Crippen MR) is 68.6 cm³/mol. The molecule has 2 atom stereocenters. The highest BCUT2D eigenvalue weighted by Gasteiger charge is 2.27. The standard InChI is InChI=1S/C14H18O7/c1-9(14(17)21-13-6-5-10(15)19-13)8-11(16)20-12-4-2-3-7-18-12/h8,12-13H,2-7H2,1H3. The second-order valence-corrected chi connectivity index (χ2v) is 4.92. The molecule has 0 aliphatic carbocycles. The number of carbonyl (C=O) groups is 3. The number of rotatable bonds is 4. The number of esters is 3. The Kier molecular flexibility index (Phi) is 5.32. The fourth-order valence-electron chi connectivity index (χ4n) is 2.00. The summed E-state index contributed by atoms with van der Waals surface area (Å²) in [5.41, 5.74) is 0.0822. The Balaban J connectivity index is 1.79. The summed E-state index contributed by atoms with van der Waals surface area (Å²) in [6, 6.07) is 0. The molecule has 0 N–H and O–H groups in total. The summed E-state index contributed by atoms with van der Waals surface area (Å²) in [5.74, 6) is -1.76. The average molecular weight is 298 g/mol. The quantitative estimate of drug-likeness (QED) is 0.569. The first-order valence-corrected chi connectivity index (χ1v) is 6.95. The van der Waals surface area contributed by atoms with Crippen molar-refractivity contribution in [3.63, 3.8) is 0 Å². The van der Waals surface area contributed by atoms with E-state index >= 15 is 0 Å². The van der Waals surface area contributed by atoms with Crippen molar-refractivity contribution in [2.45, 2.75) is 51.6 Å². The van der Waals surface area contributed by atoms with Crippen LogP contribution in [0.3, 0.4) is 0 Å². The minimum Gasteiger partial charge on any atom is -0.433 e. The van der Waals surface area contributed by atoms with Crippen molar-refractivity contribution in [3.8, 4) is 0 Å². The van der Waals surface area contributed by atoms with Gasteiger partial charge in [0.2, 0.25) is 12.6 Å². The predicted octanol–water partition coefficient (Wildman–Crippen LogP) is 1.21. The molecule has 0 bridgehead atoms. The van der Waals surface area contributed by atoms with Gasteiger partial charge in [-0.15, -0.1) is 0 Å². The lowest BCUT2D eigenvalue weighted by Gasteiger charge is -2.21. The molecular weight excluding hydrogens is 280 g/mol. The van der Waals surface area contributed by atoms with Gasteiger partial charge in [-0.25, -0.2) is 9.59 Å². The van der Waals surface area contributed by atoms with Crippen molar-refractivity contribution in [2.75, 3.05) is 6.61 Å². The van der Waals surface area contributed by atoms with Gasteiger partial charge in [0, 0.05) is 24.5 Å². The molecule has 21 heavy (non-hydrogen) atoms. The maximum absolute atomic E-state index is 11.7. The number of hydrogen-bond donors (Lipinski definition) is 0. The molecule has 0 aromatic heterocycles. The SMILES string of the molecule is CC(=CC(=O)OC1CCCCO1)C(=O)OC1CCC(=O)O1. The molecule has 2 fully saturated rings. The number of ether oxygens (including phenoxy) is 4. The lowest BCUT2D eigenvalue weighted by molar-refractivity contribution is -0.182. The van der Waals surface area contributed by atoms with Crippen LogP contribution >= 0.6 is 0 Å². The van der Waals surface area contributed by atoms with Gasteiger partial charge >= 0.3 is 17.9 Å². The van der Waals surface area contributed by atoms with Crippen molar-refractivity contribution in [1.29, 1.82) is 0 Å². The van der Waals surface area contributed by atoms with Gasteiger partial charge < -0.3 is 18.9 Å². The molecule has 0 aromatic rings. The molecule has 7 heteroatoms. The van der Waals surface area contributed by atoms with E-state index in [1.807, 2.05) is 0 Å². The van der Waals surface area contributed by atoms with Crippen LogP contribution in [0.2, 0.25) is 0 Å². The normalized spacial score (nSPS) is 26.1. The molecule has 2 aliphatic rings. The maximum Gasteiger partial charge on any atom is 0.337 e. The first-order valence-electron chi connectivity index (χ1n) is 6.95. The van der Waals surface area contributed by atoms with E-state index in [9.17, 15) is 14.4 Å². The van der Waals surface area contributed by atoms with Gasteiger partial charge in [-0.05, 0) is 19.8 Å². The van der Waals surface area contributed by atoms with Crippen LogP contribution in [0.25, 0.3) is 0 Å². The van der Waals surface area contributed by atoms with Crippen LogP contribution in [-0.4, -0.2) is 37.1 Å². The number of hydrogen-bond acceptors (Lipinski definition) is 7. The first kappa shape index (κ1) is 15.5. The van der Waals surface area contributed by atoms with Crippen molar-refractivity contribution >= 4 is 17.9 Å². The average Bonchev–Trinajstić information content (AvgIpc) is 2.85. The number of cyclic esters (lactones) is 1. The van der Waals surface area contributed by atoms with Crippen LogP contribution < -0.4 is 0 Å². The minimum absolute atomic E-state index is 0.0822. The van der Waals surface area contributed by atoms with Crippen LogP contribution in [0.1, 0.15) is 39.0 Å². The highest BCUT2D eigenvalue weighted by Crippen LogP contribution is 2.17. The molecule has 2 aliphatic heterocycles. The summed E-state index contributed by atoms with van der Waals surface area (Å²) in [6.45, 7) is 2.00. The van der Waals surface area contributed by atoms with Gasteiger partial charge in [-0.2, -0.15) is 0 Å². The van der Waals surface area contributed by atoms with Crippen LogP contribution in [0.4, 0.5) is 0 Å². The van der Waals surface area contributed by atoms with E-state index in [1.165, 1.54) is 6.92 Å². The molecule has 2 rings (SSSR count). The Morgan fingerprint density at radius 1 is 1.19 bits per heavy atom. The molecule has 2 heterocycles. The Bertz CT molecular complexity index is 448. The summed E-state index contributed by atoms with van der Waals surface area (Å²) in [4.78, 5) is 34.2. The van der Waals surface area contributed by atoms with E-state index in [0.29, 0.717) is 19.4 Å². The highest BCUT2D eigenvalue weighted by atomic mass is 16.7. The molecule has 0 radical (unpaired) electrons. The smallest absolute Gasteiger partial charge is 0.337 e. The zero-order chi connectivity index (χ0) is 15.2. The zero-order valence-electron chi connectivity index (χ0n) is 11.8. The third-order valence-electron chi connectivity index (χ3n) is 3.13. The van der Waals surface area contributed by atoms with E-state index in [4.69, 9.17) is 18.9 Å². The Morgan fingerprint density at radius 2 is 2.00 bits per heavy atom. The summed E-state index contributed by atoms with van der Waals surface area (Å²) in [7, 11) is 0. The molecule has 0 saturated carbocycles. The lowest BCUT2D eigenvalue weighted by atomic mass is 10.2. The van der Waals surface area contributed by atoms with Crippen molar-refractivity contribution in [2.24, 2.45) is 0 Å². The second kappa shape index (κ2) is 7.21.